The molecule has 0 saturated heterocycles. The zero-order valence-corrected chi connectivity index (χ0v) is 11.6. The Kier molecular flexibility index (Phi) is 3.01. The Morgan fingerprint density at radius 2 is 1.67 bits per heavy atom. The predicted molar refractivity (Wildman–Crippen MR) is 75.1 cm³/mol. The van der Waals surface area contributed by atoms with Crippen molar-refractivity contribution in [3.63, 3.8) is 0 Å². The summed E-state index contributed by atoms with van der Waals surface area (Å²) in [5, 5.41) is 0. The van der Waals surface area contributed by atoms with Crippen LogP contribution in [0.2, 0.25) is 0 Å². The first-order chi connectivity index (χ1) is 9.86. The molecular formula is C16H13F3N2. The van der Waals surface area contributed by atoms with Gasteiger partial charge in [-0.15, -0.1) is 0 Å². The summed E-state index contributed by atoms with van der Waals surface area (Å²) in [5.74, 6) is 0. The normalized spacial score (nSPS) is 12.0. The van der Waals surface area contributed by atoms with Crippen LogP contribution in [-0.4, -0.2) is 9.38 Å². The summed E-state index contributed by atoms with van der Waals surface area (Å²) in [5.41, 5.74) is 3.75. The fourth-order valence-electron chi connectivity index (χ4n) is 2.51. The van der Waals surface area contributed by atoms with Gasteiger partial charge in [0, 0.05) is 11.3 Å². The van der Waals surface area contributed by atoms with Crippen LogP contribution in [0.25, 0.3) is 16.9 Å². The second-order valence-electron chi connectivity index (χ2n) is 5.09. The summed E-state index contributed by atoms with van der Waals surface area (Å²) < 4.78 is 39.8. The third-order valence-corrected chi connectivity index (χ3v) is 3.44. The van der Waals surface area contributed by atoms with Crippen LogP contribution in [0.15, 0.2) is 42.6 Å². The molecule has 5 heteroatoms. The van der Waals surface area contributed by atoms with Crippen molar-refractivity contribution in [1.29, 1.82) is 0 Å². The molecule has 21 heavy (non-hydrogen) atoms. The van der Waals surface area contributed by atoms with Crippen molar-refractivity contribution >= 4 is 5.65 Å². The average molecular weight is 290 g/mol. The Bertz CT molecular complexity index is 799. The fraction of sp³-hybridized carbons (Fsp3) is 0.188. The van der Waals surface area contributed by atoms with E-state index in [0.29, 0.717) is 5.56 Å². The Morgan fingerprint density at radius 1 is 1.00 bits per heavy atom. The number of benzene rings is 1. The Balaban J connectivity index is 2.13. The maximum Gasteiger partial charge on any atom is 0.416 e. The first kappa shape index (κ1) is 13.7. The van der Waals surface area contributed by atoms with Gasteiger partial charge in [-0.25, -0.2) is 4.98 Å². The lowest BCUT2D eigenvalue weighted by atomic mass is 10.1. The minimum atomic E-state index is -4.31. The van der Waals surface area contributed by atoms with Crippen molar-refractivity contribution in [2.24, 2.45) is 0 Å². The zero-order valence-electron chi connectivity index (χ0n) is 11.6. The van der Waals surface area contributed by atoms with Gasteiger partial charge in [0.25, 0.3) is 0 Å². The van der Waals surface area contributed by atoms with E-state index in [4.69, 9.17) is 0 Å². The van der Waals surface area contributed by atoms with E-state index < -0.39 is 11.7 Å². The number of imidazole rings is 1. The maximum absolute atomic E-state index is 12.6. The van der Waals surface area contributed by atoms with Gasteiger partial charge in [-0.2, -0.15) is 13.2 Å². The van der Waals surface area contributed by atoms with Crippen molar-refractivity contribution < 1.29 is 13.2 Å². The zero-order chi connectivity index (χ0) is 15.2. The van der Waals surface area contributed by atoms with Gasteiger partial charge in [-0.1, -0.05) is 12.1 Å². The van der Waals surface area contributed by atoms with Crippen LogP contribution >= 0.6 is 0 Å². The number of halogens is 3. The monoisotopic (exact) mass is 290 g/mol. The molecule has 1 aromatic carbocycles. The van der Waals surface area contributed by atoms with Gasteiger partial charge in [-0.3, -0.25) is 4.40 Å². The summed E-state index contributed by atoms with van der Waals surface area (Å²) in [4.78, 5) is 4.33. The highest BCUT2D eigenvalue weighted by Crippen LogP contribution is 2.31. The number of hydrogen-bond acceptors (Lipinski definition) is 1. The number of aromatic nitrogens is 2. The van der Waals surface area contributed by atoms with Gasteiger partial charge in [0.1, 0.15) is 5.65 Å². The van der Waals surface area contributed by atoms with Crippen LogP contribution in [0.3, 0.4) is 0 Å². The third kappa shape index (κ3) is 2.39. The van der Waals surface area contributed by atoms with Crippen molar-refractivity contribution in [2.45, 2.75) is 20.0 Å². The van der Waals surface area contributed by atoms with Crippen molar-refractivity contribution in [2.75, 3.05) is 0 Å². The van der Waals surface area contributed by atoms with E-state index in [1.54, 1.807) is 6.20 Å². The molecular weight excluding hydrogens is 277 g/mol. The van der Waals surface area contributed by atoms with Crippen molar-refractivity contribution in [3.8, 4) is 11.3 Å². The number of aryl methyl sites for hydroxylation is 2. The molecule has 3 rings (SSSR count). The SMILES string of the molecule is Cc1cc(C)n2c(-c3ccc(C(F)(F)F)cc3)cnc2c1. The molecule has 108 valence electrons. The van der Waals surface area contributed by atoms with E-state index in [-0.39, 0.29) is 0 Å². The molecule has 0 unspecified atom stereocenters. The van der Waals surface area contributed by atoms with Crippen molar-refractivity contribution in [3.05, 3.63) is 59.4 Å². The first-order valence-electron chi connectivity index (χ1n) is 6.48. The maximum atomic E-state index is 12.6. The van der Waals surface area contributed by atoms with Gasteiger partial charge >= 0.3 is 6.18 Å². The van der Waals surface area contributed by atoms with E-state index in [9.17, 15) is 13.2 Å². The standard InChI is InChI=1S/C16H13F3N2/c1-10-7-11(2)21-14(9-20-15(21)8-10)12-3-5-13(6-4-12)16(17,18)19/h3-9H,1-2H3. The molecule has 0 bridgehead atoms. The van der Waals surface area contributed by atoms with Crippen LogP contribution in [-0.2, 0) is 6.18 Å². The molecule has 0 amide bonds. The Labute approximate surface area is 119 Å². The largest absolute Gasteiger partial charge is 0.416 e. The second-order valence-corrected chi connectivity index (χ2v) is 5.09. The molecule has 0 saturated carbocycles. The predicted octanol–water partition coefficient (Wildman–Crippen LogP) is 4.64. The van der Waals surface area contributed by atoms with E-state index >= 15 is 0 Å². The van der Waals surface area contributed by atoms with E-state index in [0.717, 1.165) is 34.7 Å². The summed E-state index contributed by atoms with van der Waals surface area (Å²) in [6.07, 6.45) is -2.63. The molecule has 0 aliphatic rings. The molecule has 2 aromatic heterocycles. The molecule has 0 N–H and O–H groups in total. The summed E-state index contributed by atoms with van der Waals surface area (Å²) in [6, 6.07) is 9.11. The van der Waals surface area contributed by atoms with Gasteiger partial charge in [0.05, 0.1) is 17.5 Å². The highest BCUT2D eigenvalue weighted by atomic mass is 19.4. The summed E-state index contributed by atoms with van der Waals surface area (Å²) in [7, 11) is 0. The number of fused-ring (bicyclic) bond motifs is 1. The molecule has 2 nitrogen and oxygen atoms in total. The second kappa shape index (κ2) is 4.62. The van der Waals surface area contributed by atoms with Crippen LogP contribution in [0, 0.1) is 13.8 Å². The van der Waals surface area contributed by atoms with Crippen molar-refractivity contribution in [1.82, 2.24) is 9.38 Å². The topological polar surface area (TPSA) is 17.3 Å². The Morgan fingerprint density at radius 3 is 2.29 bits per heavy atom. The van der Waals surface area contributed by atoms with Crippen LogP contribution in [0.4, 0.5) is 13.2 Å². The summed E-state index contributed by atoms with van der Waals surface area (Å²) in [6.45, 7) is 3.94. The molecule has 0 fully saturated rings. The lowest BCUT2D eigenvalue weighted by Crippen LogP contribution is -2.04. The minimum absolute atomic E-state index is 0.646. The minimum Gasteiger partial charge on any atom is -0.297 e. The first-order valence-corrected chi connectivity index (χ1v) is 6.48. The van der Waals surface area contributed by atoms with Gasteiger partial charge < -0.3 is 0 Å². The number of pyridine rings is 1. The number of rotatable bonds is 1. The number of hydrogen-bond donors (Lipinski definition) is 0. The fourth-order valence-corrected chi connectivity index (χ4v) is 2.51. The highest BCUT2D eigenvalue weighted by Gasteiger charge is 2.30. The third-order valence-electron chi connectivity index (χ3n) is 3.44. The molecule has 0 spiro atoms. The molecule has 0 atom stereocenters. The lowest BCUT2D eigenvalue weighted by molar-refractivity contribution is -0.137. The number of nitrogens with zero attached hydrogens (tertiary/aromatic N) is 2. The smallest absolute Gasteiger partial charge is 0.297 e. The van der Waals surface area contributed by atoms with Gasteiger partial charge in [-0.05, 0) is 43.7 Å². The molecule has 3 aromatic rings. The number of alkyl halides is 3. The Hall–Kier alpha value is -2.30. The van der Waals surface area contributed by atoms with Crippen LogP contribution in [0.5, 0.6) is 0 Å². The van der Waals surface area contributed by atoms with E-state index in [1.807, 2.05) is 30.4 Å². The van der Waals surface area contributed by atoms with Crippen LogP contribution in [0.1, 0.15) is 16.8 Å². The highest BCUT2D eigenvalue weighted by molar-refractivity contribution is 5.65. The average Bonchev–Trinajstić information content (AvgIpc) is 2.81. The van der Waals surface area contributed by atoms with E-state index in [1.165, 1.54) is 12.1 Å². The van der Waals surface area contributed by atoms with Gasteiger partial charge in [0.15, 0.2) is 0 Å². The quantitative estimate of drug-likeness (QED) is 0.638. The van der Waals surface area contributed by atoms with E-state index in [2.05, 4.69) is 4.98 Å². The molecule has 0 aliphatic carbocycles. The van der Waals surface area contributed by atoms with Gasteiger partial charge in [0.2, 0.25) is 0 Å². The van der Waals surface area contributed by atoms with Crippen LogP contribution < -0.4 is 0 Å². The molecule has 2 heterocycles. The molecule has 0 radical (unpaired) electrons. The molecule has 0 aliphatic heterocycles. The summed E-state index contributed by atoms with van der Waals surface area (Å²) >= 11 is 0. The lowest BCUT2D eigenvalue weighted by Gasteiger charge is -2.09.